The summed E-state index contributed by atoms with van der Waals surface area (Å²) in [6.07, 6.45) is 4.54. The number of likely N-dealkylation sites (N-methyl/N-ethyl adjacent to an activating group) is 1. The van der Waals surface area contributed by atoms with Crippen molar-refractivity contribution < 1.29 is 0 Å². The molecule has 0 bridgehead atoms. The smallest absolute Gasteiger partial charge is 0.107 e. The predicted octanol–water partition coefficient (Wildman–Crippen LogP) is 4.22. The molecule has 0 aliphatic rings. The van der Waals surface area contributed by atoms with Gasteiger partial charge in [-0.15, -0.1) is 0 Å². The van der Waals surface area contributed by atoms with E-state index in [1.807, 2.05) is 6.20 Å². The van der Waals surface area contributed by atoms with E-state index in [9.17, 15) is 0 Å². The topological polar surface area (TPSA) is 40.7 Å². The van der Waals surface area contributed by atoms with Gasteiger partial charge < -0.3 is 10.3 Å². The van der Waals surface area contributed by atoms with E-state index >= 15 is 0 Å². The Morgan fingerprint density at radius 1 is 1.19 bits per heavy atom. The first-order valence-electron chi connectivity index (χ1n) is 7.17. The Labute approximate surface area is 132 Å². The lowest BCUT2D eigenvalue weighted by Gasteiger charge is -2.18. The van der Waals surface area contributed by atoms with Gasteiger partial charge in [-0.3, -0.25) is 0 Å². The van der Waals surface area contributed by atoms with Crippen LogP contribution < -0.4 is 5.32 Å². The highest BCUT2D eigenvalue weighted by atomic mass is 79.9. The van der Waals surface area contributed by atoms with Crippen LogP contribution in [0.2, 0.25) is 0 Å². The molecule has 0 radical (unpaired) electrons. The van der Waals surface area contributed by atoms with Gasteiger partial charge in [-0.2, -0.15) is 0 Å². The lowest BCUT2D eigenvalue weighted by atomic mass is 9.99. The van der Waals surface area contributed by atoms with Gasteiger partial charge in [-0.05, 0) is 41.1 Å². The SMILES string of the molecule is CCNC(Cc1ncc[nH]1)c1ccc2cc(Br)ccc2c1. The first-order valence-corrected chi connectivity index (χ1v) is 7.96. The van der Waals surface area contributed by atoms with E-state index in [0.717, 1.165) is 23.3 Å². The van der Waals surface area contributed by atoms with Crippen molar-refractivity contribution in [2.45, 2.75) is 19.4 Å². The van der Waals surface area contributed by atoms with E-state index in [0.29, 0.717) is 0 Å². The van der Waals surface area contributed by atoms with Gasteiger partial charge in [-0.25, -0.2) is 4.98 Å². The summed E-state index contributed by atoms with van der Waals surface area (Å²) in [4.78, 5) is 7.52. The molecular formula is C17H18BrN3. The summed E-state index contributed by atoms with van der Waals surface area (Å²) in [7, 11) is 0. The van der Waals surface area contributed by atoms with E-state index in [4.69, 9.17) is 0 Å². The normalized spacial score (nSPS) is 12.7. The van der Waals surface area contributed by atoms with Crippen LogP contribution in [0.25, 0.3) is 10.8 Å². The van der Waals surface area contributed by atoms with Crippen LogP contribution in [-0.2, 0) is 6.42 Å². The maximum Gasteiger partial charge on any atom is 0.107 e. The summed E-state index contributed by atoms with van der Waals surface area (Å²) in [5.74, 6) is 1.01. The molecular weight excluding hydrogens is 326 g/mol. The van der Waals surface area contributed by atoms with Crippen molar-refractivity contribution in [3.8, 4) is 0 Å². The summed E-state index contributed by atoms with van der Waals surface area (Å²) < 4.78 is 1.11. The Kier molecular flexibility index (Phi) is 4.36. The zero-order chi connectivity index (χ0) is 14.7. The molecule has 0 saturated heterocycles. The molecule has 0 aliphatic carbocycles. The molecule has 1 aromatic heterocycles. The molecule has 108 valence electrons. The number of rotatable bonds is 5. The van der Waals surface area contributed by atoms with Crippen molar-refractivity contribution in [1.29, 1.82) is 0 Å². The lowest BCUT2D eigenvalue weighted by Crippen LogP contribution is -2.23. The Morgan fingerprint density at radius 3 is 2.76 bits per heavy atom. The average molecular weight is 344 g/mol. The fraction of sp³-hybridized carbons (Fsp3) is 0.235. The van der Waals surface area contributed by atoms with Gasteiger partial charge in [0.15, 0.2) is 0 Å². The number of aromatic amines is 1. The van der Waals surface area contributed by atoms with E-state index in [1.165, 1.54) is 16.3 Å². The summed E-state index contributed by atoms with van der Waals surface area (Å²) >= 11 is 3.52. The highest BCUT2D eigenvalue weighted by Crippen LogP contribution is 2.25. The fourth-order valence-corrected chi connectivity index (χ4v) is 2.99. The average Bonchev–Trinajstić information content (AvgIpc) is 2.99. The van der Waals surface area contributed by atoms with Crippen molar-refractivity contribution in [3.63, 3.8) is 0 Å². The van der Waals surface area contributed by atoms with Gasteiger partial charge in [-0.1, -0.05) is 41.1 Å². The second-order valence-corrected chi connectivity index (χ2v) is 6.02. The molecule has 1 atom stereocenters. The molecule has 3 nitrogen and oxygen atoms in total. The third-order valence-corrected chi connectivity index (χ3v) is 4.12. The predicted molar refractivity (Wildman–Crippen MR) is 90.4 cm³/mol. The number of benzene rings is 2. The van der Waals surface area contributed by atoms with Crippen LogP contribution in [0, 0.1) is 0 Å². The van der Waals surface area contributed by atoms with E-state index < -0.39 is 0 Å². The molecule has 0 saturated carbocycles. The van der Waals surface area contributed by atoms with Crippen molar-refractivity contribution in [3.05, 3.63) is 64.7 Å². The molecule has 2 N–H and O–H groups in total. The van der Waals surface area contributed by atoms with Crippen molar-refractivity contribution in [2.24, 2.45) is 0 Å². The van der Waals surface area contributed by atoms with Crippen molar-refractivity contribution in [1.82, 2.24) is 15.3 Å². The number of fused-ring (bicyclic) bond motifs is 1. The Bertz CT molecular complexity index is 722. The minimum Gasteiger partial charge on any atom is -0.349 e. The zero-order valence-electron chi connectivity index (χ0n) is 11.9. The molecule has 0 fully saturated rings. The van der Waals surface area contributed by atoms with Crippen LogP contribution in [0.4, 0.5) is 0 Å². The highest BCUT2D eigenvalue weighted by Gasteiger charge is 2.13. The standard InChI is InChI=1S/C17H18BrN3/c1-2-19-16(11-17-20-7-8-21-17)14-4-3-13-10-15(18)6-5-12(13)9-14/h3-10,16,19H,2,11H2,1H3,(H,20,21). The molecule has 3 rings (SSSR count). The monoisotopic (exact) mass is 343 g/mol. The third kappa shape index (κ3) is 3.34. The summed E-state index contributed by atoms with van der Waals surface area (Å²) in [6, 6.07) is 13.3. The molecule has 0 amide bonds. The van der Waals surface area contributed by atoms with Crippen LogP contribution in [0.1, 0.15) is 24.4 Å². The van der Waals surface area contributed by atoms with Crippen LogP contribution in [-0.4, -0.2) is 16.5 Å². The first kappa shape index (κ1) is 14.3. The maximum absolute atomic E-state index is 4.34. The molecule has 0 spiro atoms. The lowest BCUT2D eigenvalue weighted by molar-refractivity contribution is 0.539. The Balaban J connectivity index is 1.92. The maximum atomic E-state index is 4.34. The number of imidazole rings is 1. The fourth-order valence-electron chi connectivity index (χ4n) is 2.61. The van der Waals surface area contributed by atoms with E-state index in [1.54, 1.807) is 6.20 Å². The van der Waals surface area contributed by atoms with Crippen molar-refractivity contribution in [2.75, 3.05) is 6.54 Å². The number of H-pyrrole nitrogens is 1. The molecule has 0 aliphatic heterocycles. The minimum absolute atomic E-state index is 0.272. The molecule has 3 aromatic rings. The van der Waals surface area contributed by atoms with Crippen LogP contribution in [0.15, 0.2) is 53.3 Å². The van der Waals surface area contributed by atoms with Crippen LogP contribution >= 0.6 is 15.9 Å². The second-order valence-electron chi connectivity index (χ2n) is 5.10. The van der Waals surface area contributed by atoms with Crippen LogP contribution in [0.3, 0.4) is 0 Å². The first-order chi connectivity index (χ1) is 10.3. The van der Waals surface area contributed by atoms with Gasteiger partial charge in [0.2, 0.25) is 0 Å². The van der Waals surface area contributed by atoms with Gasteiger partial charge in [0.1, 0.15) is 5.82 Å². The number of hydrogen-bond acceptors (Lipinski definition) is 2. The number of aromatic nitrogens is 2. The van der Waals surface area contributed by atoms with Crippen LogP contribution in [0.5, 0.6) is 0 Å². The molecule has 1 unspecified atom stereocenters. The van der Waals surface area contributed by atoms with Gasteiger partial charge in [0, 0.05) is 29.3 Å². The molecule has 4 heteroatoms. The van der Waals surface area contributed by atoms with E-state index in [2.05, 4.69) is 74.5 Å². The zero-order valence-corrected chi connectivity index (χ0v) is 13.5. The number of nitrogens with one attached hydrogen (secondary N) is 2. The summed E-state index contributed by atoms with van der Waals surface area (Å²) in [5.41, 5.74) is 1.29. The summed E-state index contributed by atoms with van der Waals surface area (Å²) in [5, 5.41) is 6.06. The number of hydrogen-bond donors (Lipinski definition) is 2. The number of halogens is 1. The minimum atomic E-state index is 0.272. The largest absolute Gasteiger partial charge is 0.349 e. The number of nitrogens with zero attached hydrogens (tertiary/aromatic N) is 1. The van der Waals surface area contributed by atoms with Crippen molar-refractivity contribution >= 4 is 26.7 Å². The molecule has 2 aromatic carbocycles. The molecule has 21 heavy (non-hydrogen) atoms. The molecule has 1 heterocycles. The van der Waals surface area contributed by atoms with Gasteiger partial charge in [0.25, 0.3) is 0 Å². The van der Waals surface area contributed by atoms with Gasteiger partial charge in [0.05, 0.1) is 0 Å². The quantitative estimate of drug-likeness (QED) is 0.728. The van der Waals surface area contributed by atoms with E-state index in [-0.39, 0.29) is 6.04 Å². The Hall–Kier alpha value is -1.65. The third-order valence-electron chi connectivity index (χ3n) is 3.63. The highest BCUT2D eigenvalue weighted by molar-refractivity contribution is 9.10. The van der Waals surface area contributed by atoms with Gasteiger partial charge >= 0.3 is 0 Å². The summed E-state index contributed by atoms with van der Waals surface area (Å²) in [6.45, 7) is 3.07. The second kappa shape index (κ2) is 6.41. The Morgan fingerprint density at radius 2 is 2.00 bits per heavy atom.